The predicted molar refractivity (Wildman–Crippen MR) is 99.2 cm³/mol. The van der Waals surface area contributed by atoms with Gasteiger partial charge in [-0.25, -0.2) is 9.69 Å². The minimum Gasteiger partial charge on any atom is -0.461 e. The highest BCUT2D eigenvalue weighted by Gasteiger charge is 2.59. The molecule has 27 heavy (non-hydrogen) atoms. The number of imide groups is 1. The largest absolute Gasteiger partial charge is 0.461 e. The molecule has 0 aromatic heterocycles. The quantitative estimate of drug-likeness (QED) is 0.613. The zero-order valence-electron chi connectivity index (χ0n) is 14.6. The Kier molecular flexibility index (Phi) is 4.19. The van der Waals surface area contributed by atoms with E-state index in [1.807, 2.05) is 6.07 Å². The molecule has 0 bridgehead atoms. The van der Waals surface area contributed by atoms with Gasteiger partial charge in [0.15, 0.2) is 5.71 Å². The number of hydrogen-bond donors (Lipinski definition) is 0. The molecule has 0 N–H and O–H groups in total. The van der Waals surface area contributed by atoms with Gasteiger partial charge in [0.05, 0.1) is 18.0 Å². The number of benzene rings is 2. The normalized spacial score (nSPS) is 21.3. The number of anilines is 2. The fourth-order valence-electron chi connectivity index (χ4n) is 3.41. The van der Waals surface area contributed by atoms with E-state index in [4.69, 9.17) is 4.74 Å². The summed E-state index contributed by atoms with van der Waals surface area (Å²) >= 11 is 0. The number of hydrazone groups is 1. The second kappa shape index (κ2) is 6.68. The smallest absolute Gasteiger partial charge is 0.355 e. The fraction of sp³-hybridized carbons (Fsp3) is 0.200. The summed E-state index contributed by atoms with van der Waals surface area (Å²) in [6, 6.07) is 16.8. The number of fused-ring (bicyclic) bond motifs is 1. The number of para-hydroxylation sites is 2. The lowest BCUT2D eigenvalue weighted by molar-refractivity contribution is -0.136. The number of esters is 1. The molecule has 1 fully saturated rings. The van der Waals surface area contributed by atoms with Gasteiger partial charge in [0.25, 0.3) is 5.91 Å². The molecule has 7 heteroatoms. The Bertz CT molecular complexity index is 927. The molecule has 2 aliphatic rings. The Morgan fingerprint density at radius 3 is 2.15 bits per heavy atom. The van der Waals surface area contributed by atoms with Gasteiger partial charge in [-0.05, 0) is 31.2 Å². The monoisotopic (exact) mass is 363 g/mol. The molecule has 0 spiro atoms. The Balaban J connectivity index is 1.79. The van der Waals surface area contributed by atoms with Crippen molar-refractivity contribution in [2.45, 2.75) is 13.0 Å². The highest BCUT2D eigenvalue weighted by atomic mass is 16.5. The summed E-state index contributed by atoms with van der Waals surface area (Å²) < 4.78 is 5.06. The van der Waals surface area contributed by atoms with Crippen molar-refractivity contribution in [1.29, 1.82) is 0 Å². The molecule has 2 aromatic rings. The highest BCUT2D eigenvalue weighted by molar-refractivity contribution is 6.47. The van der Waals surface area contributed by atoms with E-state index in [0.717, 1.165) is 4.90 Å². The van der Waals surface area contributed by atoms with Crippen LogP contribution in [0.25, 0.3) is 0 Å². The van der Waals surface area contributed by atoms with Crippen LogP contribution in [0.4, 0.5) is 11.4 Å². The number of amides is 2. The van der Waals surface area contributed by atoms with Crippen LogP contribution in [0.15, 0.2) is 65.8 Å². The summed E-state index contributed by atoms with van der Waals surface area (Å²) in [5, 5.41) is 5.74. The molecular formula is C20H17N3O4. The minimum atomic E-state index is -0.989. The van der Waals surface area contributed by atoms with Crippen LogP contribution in [0.5, 0.6) is 0 Å². The van der Waals surface area contributed by atoms with E-state index in [0.29, 0.717) is 11.4 Å². The van der Waals surface area contributed by atoms with Crippen LogP contribution < -0.4 is 9.91 Å². The first-order valence-electron chi connectivity index (χ1n) is 8.66. The van der Waals surface area contributed by atoms with Gasteiger partial charge in [0.2, 0.25) is 5.91 Å². The van der Waals surface area contributed by atoms with Gasteiger partial charge < -0.3 is 4.74 Å². The molecule has 0 saturated carbocycles. The average Bonchev–Trinajstić information content (AvgIpc) is 3.21. The molecule has 136 valence electrons. The summed E-state index contributed by atoms with van der Waals surface area (Å²) in [6.45, 7) is 1.84. The number of carbonyl (C=O) groups is 3. The SMILES string of the molecule is CCOC(=O)C1=NN(c2ccccc2)[C@@H]2C(=O)N(c3ccccc3)C(=O)[C@@H]12. The second-order valence-corrected chi connectivity index (χ2v) is 6.16. The molecule has 0 radical (unpaired) electrons. The van der Waals surface area contributed by atoms with Crippen molar-refractivity contribution in [3.63, 3.8) is 0 Å². The number of hydrogen-bond acceptors (Lipinski definition) is 6. The maximum atomic E-state index is 13.1. The van der Waals surface area contributed by atoms with Crippen LogP contribution in [-0.2, 0) is 19.1 Å². The maximum absolute atomic E-state index is 13.1. The summed E-state index contributed by atoms with van der Waals surface area (Å²) in [5.41, 5.74) is 1.06. The molecule has 2 aliphatic heterocycles. The van der Waals surface area contributed by atoms with Crippen LogP contribution in [0.1, 0.15) is 6.92 Å². The van der Waals surface area contributed by atoms with Gasteiger partial charge in [-0.15, -0.1) is 0 Å². The Hall–Kier alpha value is -3.48. The summed E-state index contributed by atoms with van der Waals surface area (Å²) in [4.78, 5) is 39.8. The Morgan fingerprint density at radius 2 is 1.56 bits per heavy atom. The zero-order chi connectivity index (χ0) is 19.0. The molecule has 0 unspecified atom stereocenters. The van der Waals surface area contributed by atoms with Crippen molar-refractivity contribution in [1.82, 2.24) is 0 Å². The molecule has 2 heterocycles. The van der Waals surface area contributed by atoms with Gasteiger partial charge in [0.1, 0.15) is 12.0 Å². The molecule has 2 aromatic carbocycles. The third-order valence-electron chi connectivity index (χ3n) is 4.57. The molecular weight excluding hydrogens is 346 g/mol. The van der Waals surface area contributed by atoms with Crippen molar-refractivity contribution in [2.24, 2.45) is 11.0 Å². The van der Waals surface area contributed by atoms with Gasteiger partial charge in [-0.3, -0.25) is 14.6 Å². The van der Waals surface area contributed by atoms with E-state index in [9.17, 15) is 14.4 Å². The summed E-state index contributed by atoms with van der Waals surface area (Å²) in [6.07, 6.45) is 0. The molecule has 4 rings (SSSR count). The minimum absolute atomic E-state index is 0.0394. The molecule has 0 aliphatic carbocycles. The van der Waals surface area contributed by atoms with Crippen LogP contribution in [0.3, 0.4) is 0 Å². The van der Waals surface area contributed by atoms with Crippen molar-refractivity contribution >= 4 is 34.9 Å². The lowest BCUT2D eigenvalue weighted by atomic mass is 9.98. The van der Waals surface area contributed by atoms with Crippen molar-refractivity contribution < 1.29 is 19.1 Å². The lowest BCUT2D eigenvalue weighted by Gasteiger charge is -2.22. The van der Waals surface area contributed by atoms with Crippen molar-refractivity contribution in [2.75, 3.05) is 16.5 Å². The third kappa shape index (κ3) is 2.68. The summed E-state index contributed by atoms with van der Waals surface area (Å²) in [7, 11) is 0. The number of ether oxygens (including phenoxy) is 1. The van der Waals surface area contributed by atoms with Crippen molar-refractivity contribution in [3.8, 4) is 0 Å². The van der Waals surface area contributed by atoms with Crippen molar-refractivity contribution in [3.05, 3.63) is 60.7 Å². The maximum Gasteiger partial charge on any atom is 0.355 e. The molecule has 2 amide bonds. The third-order valence-corrected chi connectivity index (χ3v) is 4.57. The van der Waals surface area contributed by atoms with E-state index >= 15 is 0 Å². The van der Waals surface area contributed by atoms with Gasteiger partial charge >= 0.3 is 5.97 Å². The number of rotatable bonds is 4. The zero-order valence-corrected chi connectivity index (χ0v) is 14.6. The second-order valence-electron chi connectivity index (χ2n) is 6.16. The fourth-order valence-corrected chi connectivity index (χ4v) is 3.41. The van der Waals surface area contributed by atoms with Gasteiger partial charge in [-0.2, -0.15) is 5.10 Å². The number of nitrogens with zero attached hydrogens (tertiary/aromatic N) is 3. The van der Waals surface area contributed by atoms with Crippen LogP contribution in [0.2, 0.25) is 0 Å². The highest BCUT2D eigenvalue weighted by Crippen LogP contribution is 2.37. The first-order valence-corrected chi connectivity index (χ1v) is 8.66. The lowest BCUT2D eigenvalue weighted by Crippen LogP contribution is -2.39. The van der Waals surface area contributed by atoms with Crippen LogP contribution in [-0.4, -0.2) is 36.1 Å². The first kappa shape index (κ1) is 17.0. The molecule has 7 nitrogen and oxygen atoms in total. The van der Waals surface area contributed by atoms with Gasteiger partial charge in [0, 0.05) is 0 Å². The van der Waals surface area contributed by atoms with Crippen LogP contribution >= 0.6 is 0 Å². The Labute approximate surface area is 155 Å². The van der Waals surface area contributed by atoms with E-state index in [2.05, 4.69) is 5.10 Å². The standard InChI is InChI=1S/C20H17N3O4/c1-2-27-20(26)16-15-17(23(21-16)14-11-7-4-8-12-14)19(25)22(18(15)24)13-9-5-3-6-10-13/h3-12,15,17H,2H2,1H3/t15-,17-/m0/s1. The van der Waals surface area contributed by atoms with E-state index in [1.54, 1.807) is 61.5 Å². The van der Waals surface area contributed by atoms with E-state index in [1.165, 1.54) is 5.01 Å². The number of carbonyl (C=O) groups excluding carboxylic acids is 3. The predicted octanol–water partition coefficient (Wildman–Crippen LogP) is 1.98. The average molecular weight is 363 g/mol. The van der Waals surface area contributed by atoms with Crippen LogP contribution in [0, 0.1) is 5.92 Å². The summed E-state index contributed by atoms with van der Waals surface area (Å²) in [5.74, 6) is -2.55. The van der Waals surface area contributed by atoms with E-state index in [-0.39, 0.29) is 12.3 Å². The molecule has 1 saturated heterocycles. The topological polar surface area (TPSA) is 79.3 Å². The first-order chi connectivity index (χ1) is 13.1. The molecule has 2 atom stereocenters. The Morgan fingerprint density at radius 1 is 0.963 bits per heavy atom. The van der Waals surface area contributed by atoms with E-state index < -0.39 is 29.7 Å². The van der Waals surface area contributed by atoms with Gasteiger partial charge in [-0.1, -0.05) is 36.4 Å².